The molecular weight excluding hydrogens is 294 g/mol. The quantitative estimate of drug-likeness (QED) is 0.855. The molecule has 0 fully saturated rings. The molecule has 0 bridgehead atoms. The highest BCUT2D eigenvalue weighted by atomic mass is 16.5. The summed E-state index contributed by atoms with van der Waals surface area (Å²) < 4.78 is 4.80. The summed E-state index contributed by atoms with van der Waals surface area (Å²) in [7, 11) is 1.33. The van der Waals surface area contributed by atoms with Gasteiger partial charge >= 0.3 is 5.97 Å². The fourth-order valence-corrected chi connectivity index (χ4v) is 2.20. The van der Waals surface area contributed by atoms with E-state index in [4.69, 9.17) is 4.74 Å². The van der Waals surface area contributed by atoms with E-state index in [-0.39, 0.29) is 11.6 Å². The number of ether oxygens (including phenoxy) is 1. The first kappa shape index (κ1) is 16.6. The molecule has 1 amide bonds. The van der Waals surface area contributed by atoms with Gasteiger partial charge in [-0.3, -0.25) is 14.6 Å². The fraction of sp³-hybridized carbons (Fsp3) is 0.294. The van der Waals surface area contributed by atoms with Crippen LogP contribution in [-0.4, -0.2) is 29.0 Å². The number of hydrogen-bond acceptors (Lipinski definition) is 5. The lowest BCUT2D eigenvalue weighted by molar-refractivity contribution is -0.145. The molecule has 1 heterocycles. The van der Waals surface area contributed by atoms with E-state index in [2.05, 4.69) is 15.3 Å². The van der Waals surface area contributed by atoms with Crippen molar-refractivity contribution in [3.8, 4) is 0 Å². The van der Waals surface area contributed by atoms with Crippen molar-refractivity contribution in [3.63, 3.8) is 0 Å². The Morgan fingerprint density at radius 3 is 2.39 bits per heavy atom. The molecule has 2 rings (SSSR count). The summed E-state index contributed by atoms with van der Waals surface area (Å²) in [6.07, 6.45) is 2.94. The van der Waals surface area contributed by atoms with Gasteiger partial charge in [-0.15, -0.1) is 0 Å². The van der Waals surface area contributed by atoms with Crippen LogP contribution in [0.5, 0.6) is 0 Å². The largest absolute Gasteiger partial charge is 0.469 e. The van der Waals surface area contributed by atoms with E-state index in [1.807, 2.05) is 30.3 Å². The number of esters is 1. The lowest BCUT2D eigenvalue weighted by Crippen LogP contribution is -2.36. The van der Waals surface area contributed by atoms with Gasteiger partial charge in [0.15, 0.2) is 0 Å². The van der Waals surface area contributed by atoms with Gasteiger partial charge in [-0.1, -0.05) is 30.3 Å². The smallest absolute Gasteiger partial charge is 0.310 e. The minimum Gasteiger partial charge on any atom is -0.469 e. The summed E-state index contributed by atoms with van der Waals surface area (Å²) in [6, 6.07) is 8.76. The van der Waals surface area contributed by atoms with Gasteiger partial charge in [0, 0.05) is 6.20 Å². The first-order chi connectivity index (χ1) is 11.0. The number of aryl methyl sites for hydroxylation is 1. The minimum absolute atomic E-state index is 0.202. The van der Waals surface area contributed by atoms with Crippen LogP contribution in [0.2, 0.25) is 0 Å². The Balaban J connectivity index is 2.25. The molecule has 2 atom stereocenters. The summed E-state index contributed by atoms with van der Waals surface area (Å²) in [5, 5.41) is 2.84. The third-order valence-corrected chi connectivity index (χ3v) is 3.53. The van der Waals surface area contributed by atoms with Crippen LogP contribution in [0.1, 0.15) is 34.7 Å². The van der Waals surface area contributed by atoms with Crippen molar-refractivity contribution in [2.24, 2.45) is 5.92 Å². The summed E-state index contributed by atoms with van der Waals surface area (Å²) >= 11 is 0. The Labute approximate surface area is 134 Å². The molecular formula is C17H19N3O3. The second-order valence-corrected chi connectivity index (χ2v) is 5.22. The zero-order valence-electron chi connectivity index (χ0n) is 13.3. The molecule has 0 aliphatic carbocycles. The number of amides is 1. The van der Waals surface area contributed by atoms with Crippen LogP contribution >= 0.6 is 0 Å². The molecule has 1 N–H and O–H groups in total. The molecule has 0 saturated carbocycles. The Morgan fingerprint density at radius 2 is 1.83 bits per heavy atom. The topological polar surface area (TPSA) is 81.2 Å². The maximum absolute atomic E-state index is 12.4. The molecule has 0 saturated heterocycles. The first-order valence-corrected chi connectivity index (χ1v) is 7.25. The van der Waals surface area contributed by atoms with Crippen molar-refractivity contribution in [2.45, 2.75) is 19.9 Å². The third kappa shape index (κ3) is 4.12. The number of rotatable bonds is 5. The Bertz CT molecular complexity index is 671. The number of benzene rings is 1. The van der Waals surface area contributed by atoms with E-state index >= 15 is 0 Å². The highest BCUT2D eigenvalue weighted by molar-refractivity contribution is 5.92. The number of methoxy groups -OCH3 is 1. The van der Waals surface area contributed by atoms with Crippen LogP contribution in [0.25, 0.3) is 0 Å². The summed E-state index contributed by atoms with van der Waals surface area (Å²) in [5.41, 5.74) is 1.75. The SMILES string of the molecule is COC(=O)[C@@H](C)[C@@H](NC(=O)c1cnc(C)cn1)c1ccccc1. The Hall–Kier alpha value is -2.76. The normalized spacial score (nSPS) is 13.0. The molecule has 0 radical (unpaired) electrons. The zero-order valence-corrected chi connectivity index (χ0v) is 13.3. The number of hydrogen-bond donors (Lipinski definition) is 1. The van der Waals surface area contributed by atoms with Crippen LogP contribution in [0, 0.1) is 12.8 Å². The standard InChI is InChI=1S/C17H19N3O3/c1-11-9-19-14(10-18-11)16(21)20-15(12(2)17(22)23-3)13-7-5-4-6-8-13/h4-10,12,15H,1-3H3,(H,20,21)/t12-,15+/m0/s1. The second kappa shape index (κ2) is 7.49. The minimum atomic E-state index is -0.537. The number of nitrogens with one attached hydrogen (secondary N) is 1. The Kier molecular flexibility index (Phi) is 5.41. The van der Waals surface area contributed by atoms with Crippen molar-refractivity contribution in [3.05, 3.63) is 59.7 Å². The van der Waals surface area contributed by atoms with E-state index in [1.165, 1.54) is 19.5 Å². The van der Waals surface area contributed by atoms with Gasteiger partial charge in [-0.25, -0.2) is 4.98 Å². The van der Waals surface area contributed by atoms with Crippen LogP contribution in [0.15, 0.2) is 42.7 Å². The second-order valence-electron chi connectivity index (χ2n) is 5.22. The van der Waals surface area contributed by atoms with E-state index in [0.29, 0.717) is 0 Å². The average Bonchev–Trinajstić information content (AvgIpc) is 2.59. The van der Waals surface area contributed by atoms with Gasteiger partial charge in [0.2, 0.25) is 0 Å². The predicted molar refractivity (Wildman–Crippen MR) is 84.6 cm³/mol. The number of carbonyl (C=O) groups is 2. The van der Waals surface area contributed by atoms with E-state index < -0.39 is 17.9 Å². The molecule has 6 heteroatoms. The highest BCUT2D eigenvalue weighted by Crippen LogP contribution is 2.23. The summed E-state index contributed by atoms with van der Waals surface area (Å²) in [4.78, 5) is 32.4. The van der Waals surface area contributed by atoms with Crippen molar-refractivity contribution in [1.82, 2.24) is 15.3 Å². The van der Waals surface area contributed by atoms with Crippen molar-refractivity contribution in [2.75, 3.05) is 7.11 Å². The van der Waals surface area contributed by atoms with E-state index in [0.717, 1.165) is 11.3 Å². The lowest BCUT2D eigenvalue weighted by atomic mass is 9.94. The first-order valence-electron chi connectivity index (χ1n) is 7.25. The molecule has 6 nitrogen and oxygen atoms in total. The van der Waals surface area contributed by atoms with Crippen molar-refractivity contribution < 1.29 is 14.3 Å². The van der Waals surface area contributed by atoms with E-state index in [1.54, 1.807) is 13.8 Å². The van der Waals surface area contributed by atoms with Gasteiger partial charge in [-0.05, 0) is 19.4 Å². The van der Waals surface area contributed by atoms with Crippen LogP contribution in [0.3, 0.4) is 0 Å². The van der Waals surface area contributed by atoms with Gasteiger partial charge in [-0.2, -0.15) is 0 Å². The summed E-state index contributed by atoms with van der Waals surface area (Å²) in [6.45, 7) is 3.51. The van der Waals surface area contributed by atoms with Gasteiger partial charge in [0.05, 0.1) is 31.0 Å². The summed E-state index contributed by atoms with van der Waals surface area (Å²) in [5.74, 6) is -1.32. The number of carbonyl (C=O) groups excluding carboxylic acids is 2. The van der Waals surface area contributed by atoms with Gasteiger partial charge in [0.1, 0.15) is 5.69 Å². The Morgan fingerprint density at radius 1 is 1.13 bits per heavy atom. The molecule has 1 aromatic heterocycles. The molecule has 23 heavy (non-hydrogen) atoms. The maximum atomic E-state index is 12.4. The van der Waals surface area contributed by atoms with Crippen LogP contribution in [0.4, 0.5) is 0 Å². The lowest BCUT2D eigenvalue weighted by Gasteiger charge is -2.23. The zero-order chi connectivity index (χ0) is 16.8. The van der Waals surface area contributed by atoms with Gasteiger partial charge in [0.25, 0.3) is 5.91 Å². The number of nitrogens with zero attached hydrogens (tertiary/aromatic N) is 2. The molecule has 2 aromatic rings. The van der Waals surface area contributed by atoms with Crippen LogP contribution in [-0.2, 0) is 9.53 Å². The third-order valence-electron chi connectivity index (χ3n) is 3.53. The fourth-order valence-electron chi connectivity index (χ4n) is 2.20. The van der Waals surface area contributed by atoms with Crippen LogP contribution < -0.4 is 5.32 Å². The van der Waals surface area contributed by atoms with Crippen molar-refractivity contribution in [1.29, 1.82) is 0 Å². The molecule has 1 aromatic carbocycles. The molecule has 0 spiro atoms. The predicted octanol–water partition coefficient (Wildman–Crippen LogP) is 2.07. The average molecular weight is 313 g/mol. The number of aromatic nitrogens is 2. The van der Waals surface area contributed by atoms with Gasteiger partial charge < -0.3 is 10.1 Å². The molecule has 120 valence electrons. The van der Waals surface area contributed by atoms with E-state index in [9.17, 15) is 9.59 Å². The molecule has 0 unspecified atom stereocenters. The highest BCUT2D eigenvalue weighted by Gasteiger charge is 2.28. The molecule has 0 aliphatic rings. The monoisotopic (exact) mass is 313 g/mol. The molecule has 0 aliphatic heterocycles. The maximum Gasteiger partial charge on any atom is 0.310 e. The van der Waals surface area contributed by atoms with Crippen molar-refractivity contribution >= 4 is 11.9 Å².